The fourth-order valence-electron chi connectivity index (χ4n) is 3.34. The predicted molar refractivity (Wildman–Crippen MR) is 129 cm³/mol. The van der Waals surface area contributed by atoms with Crippen LogP contribution in [0.5, 0.6) is 11.5 Å². The third kappa shape index (κ3) is 9.95. The summed E-state index contributed by atoms with van der Waals surface area (Å²) in [5.74, 6) is -1.07. The Kier molecular flexibility index (Phi) is 10.6. The van der Waals surface area contributed by atoms with E-state index in [4.69, 9.17) is 4.52 Å². The number of phenolic OH excluding ortho intramolecular Hbond substituents is 1. The average Bonchev–Trinajstić information content (AvgIpc) is 2.76. The number of para-hydroxylation sites is 1. The minimum atomic E-state index is -3.84. The van der Waals surface area contributed by atoms with Crippen molar-refractivity contribution in [1.29, 1.82) is 0 Å². The highest BCUT2D eigenvalue weighted by molar-refractivity contribution is 7.53. The molecule has 0 spiro atoms. The van der Waals surface area contributed by atoms with Gasteiger partial charge in [-0.15, -0.1) is 0 Å². The van der Waals surface area contributed by atoms with Crippen molar-refractivity contribution in [2.45, 2.75) is 45.2 Å². The number of hydrogen-bond acceptors (Lipinski definition) is 6. The maximum atomic E-state index is 12.9. The third-order valence-electron chi connectivity index (χ3n) is 5.01. The number of carbonyl (C=O) groups is 2. The lowest BCUT2D eigenvalue weighted by molar-refractivity contribution is -0.142. The molecule has 34 heavy (non-hydrogen) atoms. The maximum absolute atomic E-state index is 12.9. The summed E-state index contributed by atoms with van der Waals surface area (Å²) in [5, 5.41) is 24.6. The molecular formula is C24H33N2O7P. The summed E-state index contributed by atoms with van der Waals surface area (Å²) in [6.07, 6.45) is 0.733. The van der Waals surface area contributed by atoms with Gasteiger partial charge in [-0.2, -0.15) is 0 Å². The molecular weight excluding hydrogens is 459 g/mol. The molecule has 2 aromatic rings. The molecule has 186 valence electrons. The Balaban J connectivity index is 1.91. The summed E-state index contributed by atoms with van der Waals surface area (Å²) in [6.45, 7) is 4.18. The van der Waals surface area contributed by atoms with Gasteiger partial charge in [-0.25, -0.2) is 9.36 Å². The van der Waals surface area contributed by atoms with Crippen molar-refractivity contribution < 1.29 is 33.8 Å². The van der Waals surface area contributed by atoms with Gasteiger partial charge in [0, 0.05) is 6.42 Å². The van der Waals surface area contributed by atoms with Crippen LogP contribution in [0.1, 0.15) is 32.3 Å². The maximum Gasteiger partial charge on any atom is 0.376 e. The number of aromatic hydroxyl groups is 1. The molecule has 0 aliphatic heterocycles. The number of amides is 1. The molecule has 0 heterocycles. The van der Waals surface area contributed by atoms with Crippen LogP contribution in [0.3, 0.4) is 0 Å². The number of benzene rings is 2. The van der Waals surface area contributed by atoms with E-state index in [1.165, 1.54) is 12.1 Å². The van der Waals surface area contributed by atoms with E-state index in [1.54, 1.807) is 42.5 Å². The van der Waals surface area contributed by atoms with Crippen LogP contribution in [-0.2, 0) is 20.6 Å². The van der Waals surface area contributed by atoms with Gasteiger partial charge in [-0.05, 0) is 55.1 Å². The van der Waals surface area contributed by atoms with E-state index in [2.05, 4.69) is 10.6 Å². The number of carbonyl (C=O) groups excluding carboxylic acids is 1. The molecule has 1 amide bonds. The summed E-state index contributed by atoms with van der Waals surface area (Å²) < 4.78 is 17.5. The molecule has 0 saturated heterocycles. The van der Waals surface area contributed by atoms with Crippen molar-refractivity contribution in [3.05, 3.63) is 60.2 Å². The van der Waals surface area contributed by atoms with E-state index in [0.29, 0.717) is 24.2 Å². The lowest BCUT2D eigenvalue weighted by atomic mass is 10.0. The van der Waals surface area contributed by atoms with Crippen LogP contribution in [-0.4, -0.2) is 51.8 Å². The topological polar surface area (TPSA) is 145 Å². The van der Waals surface area contributed by atoms with Crippen LogP contribution < -0.4 is 15.2 Å². The SMILES string of the molecule is CC(C)C[C@H](NCCCP(=O)(O)Oc1ccccc1)C(=O)N[C@@H](Cc1ccc(O)cc1)C(=O)O. The first-order chi connectivity index (χ1) is 16.1. The number of nitrogens with one attached hydrogen (secondary N) is 2. The summed E-state index contributed by atoms with van der Waals surface area (Å²) in [4.78, 5) is 34.6. The average molecular weight is 493 g/mol. The Bertz CT molecular complexity index is 967. The zero-order valence-electron chi connectivity index (χ0n) is 19.4. The molecule has 3 atom stereocenters. The molecule has 0 bridgehead atoms. The first-order valence-corrected chi connectivity index (χ1v) is 12.9. The van der Waals surface area contributed by atoms with Gasteiger partial charge >= 0.3 is 13.6 Å². The van der Waals surface area contributed by atoms with E-state index >= 15 is 0 Å². The summed E-state index contributed by atoms with van der Waals surface area (Å²) in [6, 6.07) is 12.7. The highest BCUT2D eigenvalue weighted by Gasteiger charge is 2.26. The molecule has 2 rings (SSSR count). The van der Waals surface area contributed by atoms with Crippen LogP contribution in [0.2, 0.25) is 0 Å². The molecule has 0 aliphatic rings. The molecule has 2 aromatic carbocycles. The second-order valence-corrected chi connectivity index (χ2v) is 10.4. The largest absolute Gasteiger partial charge is 0.508 e. The molecule has 5 N–H and O–H groups in total. The fourth-order valence-corrected chi connectivity index (χ4v) is 4.44. The second kappa shape index (κ2) is 13.1. The van der Waals surface area contributed by atoms with Gasteiger partial charge in [-0.1, -0.05) is 44.2 Å². The summed E-state index contributed by atoms with van der Waals surface area (Å²) in [5.41, 5.74) is 0.663. The molecule has 1 unspecified atom stereocenters. The molecule has 0 radical (unpaired) electrons. The Morgan fingerprint density at radius 1 is 1.03 bits per heavy atom. The van der Waals surface area contributed by atoms with Gasteiger partial charge in [-0.3, -0.25) is 4.79 Å². The number of rotatable bonds is 14. The Morgan fingerprint density at radius 3 is 2.26 bits per heavy atom. The van der Waals surface area contributed by atoms with Gasteiger partial charge in [0.2, 0.25) is 5.91 Å². The van der Waals surface area contributed by atoms with E-state index in [9.17, 15) is 29.3 Å². The van der Waals surface area contributed by atoms with Crippen LogP contribution in [0.15, 0.2) is 54.6 Å². The lowest BCUT2D eigenvalue weighted by Crippen LogP contribution is -2.51. The molecule has 0 fully saturated rings. The number of hydrogen-bond donors (Lipinski definition) is 5. The second-order valence-electron chi connectivity index (χ2n) is 8.53. The van der Waals surface area contributed by atoms with Crippen LogP contribution >= 0.6 is 7.60 Å². The Morgan fingerprint density at radius 2 is 1.68 bits per heavy atom. The third-order valence-corrected chi connectivity index (χ3v) is 6.39. The first-order valence-electron chi connectivity index (χ1n) is 11.2. The van der Waals surface area contributed by atoms with Gasteiger partial charge < -0.3 is 30.3 Å². The standard InChI is InChI=1S/C24H33N2O7P/c1-17(2)15-21(25-13-6-14-34(31,32)33-20-7-4-3-5-8-20)23(28)26-22(24(29)30)16-18-9-11-19(27)12-10-18/h3-5,7-12,17,21-22,25,27H,6,13-16H2,1-2H3,(H,26,28)(H,29,30)(H,31,32)/t21-,22-/m0/s1. The fraction of sp³-hybridized carbons (Fsp3) is 0.417. The Hall–Kier alpha value is -2.87. The van der Waals surface area contributed by atoms with Crippen LogP contribution in [0.25, 0.3) is 0 Å². The van der Waals surface area contributed by atoms with Crippen molar-refractivity contribution in [3.8, 4) is 11.5 Å². The molecule has 0 saturated carbocycles. The van der Waals surface area contributed by atoms with E-state index in [1.807, 2.05) is 13.8 Å². The van der Waals surface area contributed by atoms with Crippen LogP contribution in [0.4, 0.5) is 0 Å². The molecule has 0 aliphatic carbocycles. The van der Waals surface area contributed by atoms with Crippen molar-refractivity contribution in [2.24, 2.45) is 5.92 Å². The minimum Gasteiger partial charge on any atom is -0.508 e. The van der Waals surface area contributed by atoms with Crippen LogP contribution in [0, 0.1) is 5.92 Å². The molecule has 9 nitrogen and oxygen atoms in total. The van der Waals surface area contributed by atoms with Crippen molar-refractivity contribution in [3.63, 3.8) is 0 Å². The number of carboxylic acids is 1. The highest BCUT2D eigenvalue weighted by Crippen LogP contribution is 2.42. The minimum absolute atomic E-state index is 0.0697. The zero-order chi connectivity index (χ0) is 25.1. The smallest absolute Gasteiger partial charge is 0.376 e. The molecule has 0 aromatic heterocycles. The predicted octanol–water partition coefficient (Wildman–Crippen LogP) is 3.16. The zero-order valence-corrected chi connectivity index (χ0v) is 20.3. The quantitative estimate of drug-likeness (QED) is 0.200. The monoisotopic (exact) mass is 492 g/mol. The van der Waals surface area contributed by atoms with Gasteiger partial charge in [0.05, 0.1) is 12.2 Å². The summed E-state index contributed by atoms with van der Waals surface area (Å²) >= 11 is 0. The first kappa shape index (κ1) is 27.4. The van der Waals surface area contributed by atoms with Crippen molar-refractivity contribution in [1.82, 2.24) is 10.6 Å². The van der Waals surface area contributed by atoms with Gasteiger partial charge in [0.25, 0.3) is 0 Å². The van der Waals surface area contributed by atoms with E-state index < -0.39 is 31.6 Å². The number of phenols is 1. The van der Waals surface area contributed by atoms with E-state index in [-0.39, 0.29) is 30.8 Å². The molecule has 10 heteroatoms. The van der Waals surface area contributed by atoms with Crippen molar-refractivity contribution >= 4 is 19.5 Å². The summed E-state index contributed by atoms with van der Waals surface area (Å²) in [7, 11) is -3.84. The number of carboxylic acid groups (broad SMARTS) is 1. The number of aliphatic carboxylic acids is 1. The Labute approximate surface area is 199 Å². The highest BCUT2D eigenvalue weighted by atomic mass is 31.2. The van der Waals surface area contributed by atoms with Gasteiger partial charge in [0.15, 0.2) is 0 Å². The van der Waals surface area contributed by atoms with E-state index in [0.717, 1.165) is 0 Å². The lowest BCUT2D eigenvalue weighted by Gasteiger charge is -2.23. The van der Waals surface area contributed by atoms with Gasteiger partial charge in [0.1, 0.15) is 17.5 Å². The van der Waals surface area contributed by atoms with Crippen molar-refractivity contribution in [2.75, 3.05) is 12.7 Å². The normalized spacial score (nSPS) is 14.7.